The average Bonchev–Trinajstić information content (AvgIpc) is 2.60. The topological polar surface area (TPSA) is 178 Å². The van der Waals surface area contributed by atoms with Gasteiger partial charge in [0, 0.05) is 12.8 Å². The molecule has 0 amide bonds. The number of esters is 1. The predicted octanol–water partition coefficient (Wildman–Crippen LogP) is 1.40. The van der Waals surface area contributed by atoms with Crippen LogP contribution in [0.15, 0.2) is 0 Å². The van der Waals surface area contributed by atoms with E-state index in [1.165, 1.54) is 0 Å². The lowest BCUT2D eigenvalue weighted by atomic mass is 10.1. The number of aliphatic hydroxyl groups is 2. The van der Waals surface area contributed by atoms with Gasteiger partial charge in [-0.15, -0.1) is 0 Å². The van der Waals surface area contributed by atoms with Crippen LogP contribution in [0.25, 0.3) is 0 Å². The smallest absolute Gasteiger partial charge is 0.349 e. The first-order chi connectivity index (χ1) is 13.0. The summed E-state index contributed by atoms with van der Waals surface area (Å²) in [6, 6.07) is 3.54. The molecule has 0 aliphatic heterocycles. The molecule has 0 radical (unpaired) electrons. The van der Waals surface area contributed by atoms with Gasteiger partial charge in [0.25, 0.3) is 0 Å². The Morgan fingerprint density at radius 1 is 1.07 bits per heavy atom. The van der Waals surface area contributed by atoms with Gasteiger partial charge in [-0.2, -0.15) is 15.8 Å². The van der Waals surface area contributed by atoms with Crippen molar-refractivity contribution in [2.45, 2.75) is 83.5 Å². The van der Waals surface area contributed by atoms with E-state index in [4.69, 9.17) is 25.6 Å². The molecule has 3 N–H and O–H groups in total. The Labute approximate surface area is 164 Å². The van der Waals surface area contributed by atoms with Crippen molar-refractivity contribution in [1.82, 2.24) is 0 Å². The minimum Gasteiger partial charge on any atom is -0.458 e. The van der Waals surface area contributed by atoms with Gasteiger partial charge in [0.2, 0.25) is 0 Å². The van der Waals surface area contributed by atoms with E-state index in [2.05, 4.69) is 4.89 Å². The van der Waals surface area contributed by atoms with Crippen molar-refractivity contribution in [1.29, 1.82) is 10.5 Å². The molecule has 10 heteroatoms. The van der Waals surface area contributed by atoms with Crippen LogP contribution in [0.2, 0.25) is 0 Å². The SMILES string of the molecule is CC(C)(C)OC(=O)C(O)CCCC(O)C#N.N#CCCCC(=O)CC(=O)OO. The molecular formula is C18H28N2O8. The van der Waals surface area contributed by atoms with Crippen LogP contribution in [0.4, 0.5) is 0 Å². The number of hydrogen-bond acceptors (Lipinski definition) is 10. The molecule has 0 aromatic rings. The van der Waals surface area contributed by atoms with Gasteiger partial charge >= 0.3 is 11.9 Å². The maximum atomic E-state index is 11.3. The summed E-state index contributed by atoms with van der Waals surface area (Å²) >= 11 is 0. The third kappa shape index (κ3) is 18.3. The zero-order valence-electron chi connectivity index (χ0n) is 16.4. The van der Waals surface area contributed by atoms with E-state index in [0.717, 1.165) is 0 Å². The Morgan fingerprint density at radius 2 is 1.68 bits per heavy atom. The summed E-state index contributed by atoms with van der Waals surface area (Å²) in [5, 5.41) is 42.6. The van der Waals surface area contributed by atoms with Crippen molar-refractivity contribution >= 4 is 17.7 Å². The third-order valence-corrected chi connectivity index (χ3v) is 2.97. The van der Waals surface area contributed by atoms with Gasteiger partial charge in [-0.1, -0.05) is 0 Å². The second kappa shape index (κ2) is 15.5. The fourth-order valence-electron chi connectivity index (χ4n) is 1.70. The van der Waals surface area contributed by atoms with Gasteiger partial charge in [0.1, 0.15) is 23.9 Å². The van der Waals surface area contributed by atoms with Crippen LogP contribution in [0.5, 0.6) is 0 Å². The number of unbranched alkanes of at least 4 members (excludes halogenated alkanes) is 1. The Morgan fingerprint density at radius 3 is 2.14 bits per heavy atom. The van der Waals surface area contributed by atoms with Crippen molar-refractivity contribution in [2.24, 2.45) is 0 Å². The number of hydrogen-bond donors (Lipinski definition) is 3. The fraction of sp³-hybridized carbons (Fsp3) is 0.722. The standard InChI is InChI=1S/C11H19NO4.C7H9NO4/c1-11(2,3)16-10(15)9(14)6-4-5-8(13)7-12;8-4-2-1-3-6(9)5-7(10)12-11/h8-9,13-14H,4-6H2,1-3H3;11H,1-3,5H2. The van der Waals surface area contributed by atoms with Crippen LogP contribution < -0.4 is 0 Å². The van der Waals surface area contributed by atoms with Gasteiger partial charge in [-0.3, -0.25) is 4.79 Å². The quantitative estimate of drug-likeness (QED) is 0.121. The lowest BCUT2D eigenvalue weighted by molar-refractivity contribution is -0.233. The molecule has 0 fully saturated rings. The van der Waals surface area contributed by atoms with E-state index >= 15 is 0 Å². The molecule has 0 aromatic carbocycles. The Hall–Kier alpha value is -2.53. The van der Waals surface area contributed by atoms with E-state index in [0.29, 0.717) is 19.3 Å². The second-order valence-corrected chi connectivity index (χ2v) is 6.82. The predicted molar refractivity (Wildman–Crippen MR) is 95.1 cm³/mol. The summed E-state index contributed by atoms with van der Waals surface area (Å²) < 4.78 is 4.97. The monoisotopic (exact) mass is 400 g/mol. The molecule has 0 aromatic heterocycles. The molecule has 0 aliphatic carbocycles. The first kappa shape index (κ1) is 27.7. The summed E-state index contributed by atoms with van der Waals surface area (Å²) in [7, 11) is 0. The van der Waals surface area contributed by atoms with Gasteiger partial charge in [-0.25, -0.2) is 9.59 Å². The summed E-state index contributed by atoms with van der Waals surface area (Å²) in [5.41, 5.74) is -0.621. The molecule has 28 heavy (non-hydrogen) atoms. The largest absolute Gasteiger partial charge is 0.458 e. The number of carbonyl (C=O) groups excluding carboxylic acids is 3. The van der Waals surface area contributed by atoms with Gasteiger partial charge in [-0.05, 0) is 46.5 Å². The van der Waals surface area contributed by atoms with Crippen molar-refractivity contribution in [2.75, 3.05) is 0 Å². The van der Waals surface area contributed by atoms with E-state index in [-0.39, 0.29) is 25.0 Å². The maximum absolute atomic E-state index is 11.3. The summed E-state index contributed by atoms with van der Waals surface area (Å²) in [6.45, 7) is 5.16. The molecule has 10 nitrogen and oxygen atoms in total. The summed E-state index contributed by atoms with van der Waals surface area (Å²) in [5.74, 6) is -1.96. The first-order valence-electron chi connectivity index (χ1n) is 8.68. The highest BCUT2D eigenvalue weighted by Crippen LogP contribution is 2.11. The fourth-order valence-corrected chi connectivity index (χ4v) is 1.70. The number of carbonyl (C=O) groups is 3. The van der Waals surface area contributed by atoms with Gasteiger partial charge in [0.15, 0.2) is 6.10 Å². The van der Waals surface area contributed by atoms with Crippen molar-refractivity contribution in [3.05, 3.63) is 0 Å². The van der Waals surface area contributed by atoms with Crippen LogP contribution in [0.3, 0.4) is 0 Å². The molecule has 0 heterocycles. The number of Topliss-reactive ketones (excluding diaryl/α,β-unsaturated/α-hetero) is 1. The Kier molecular flexibility index (Phi) is 15.3. The van der Waals surface area contributed by atoms with Crippen LogP contribution in [0.1, 0.15) is 65.7 Å². The lowest BCUT2D eigenvalue weighted by Crippen LogP contribution is -2.31. The minimum absolute atomic E-state index is 0.169. The second-order valence-electron chi connectivity index (χ2n) is 6.82. The Bertz CT molecular complexity index is 572. The van der Waals surface area contributed by atoms with Crippen LogP contribution in [-0.2, 0) is 24.0 Å². The number of nitrogens with zero attached hydrogens (tertiary/aromatic N) is 2. The Balaban J connectivity index is 0. The molecular weight excluding hydrogens is 372 g/mol. The molecule has 0 saturated carbocycles. The van der Waals surface area contributed by atoms with E-state index in [1.807, 2.05) is 6.07 Å². The molecule has 158 valence electrons. The average molecular weight is 400 g/mol. The van der Waals surface area contributed by atoms with E-state index in [1.54, 1.807) is 26.8 Å². The molecule has 0 spiro atoms. The van der Waals surface area contributed by atoms with Gasteiger partial charge in [0.05, 0.1) is 12.1 Å². The third-order valence-electron chi connectivity index (χ3n) is 2.97. The number of nitriles is 2. The molecule has 0 bridgehead atoms. The summed E-state index contributed by atoms with van der Waals surface area (Å²) in [4.78, 5) is 35.7. The molecule has 0 aliphatic rings. The molecule has 0 saturated heterocycles. The van der Waals surface area contributed by atoms with E-state index in [9.17, 15) is 19.5 Å². The normalized spacial score (nSPS) is 12.3. The number of rotatable bonds is 10. The zero-order chi connectivity index (χ0) is 22.2. The van der Waals surface area contributed by atoms with Crippen molar-refractivity contribution in [3.8, 4) is 12.1 Å². The molecule has 2 atom stereocenters. The molecule has 0 rings (SSSR count). The maximum Gasteiger partial charge on any atom is 0.349 e. The minimum atomic E-state index is -1.19. The number of aliphatic hydroxyl groups excluding tert-OH is 2. The van der Waals surface area contributed by atoms with Crippen LogP contribution in [-0.4, -0.2) is 51.0 Å². The molecule has 2 unspecified atom stereocenters. The van der Waals surface area contributed by atoms with Crippen molar-refractivity contribution < 1.29 is 39.5 Å². The van der Waals surface area contributed by atoms with Crippen LogP contribution >= 0.6 is 0 Å². The lowest BCUT2D eigenvalue weighted by Gasteiger charge is -2.21. The van der Waals surface area contributed by atoms with Crippen LogP contribution in [0, 0.1) is 22.7 Å². The number of ether oxygens (including phenoxy) is 1. The first-order valence-corrected chi connectivity index (χ1v) is 8.68. The highest BCUT2D eigenvalue weighted by Gasteiger charge is 2.22. The summed E-state index contributed by atoms with van der Waals surface area (Å²) in [6.07, 6.45) is -0.923. The highest BCUT2D eigenvalue weighted by molar-refractivity contribution is 5.95. The zero-order valence-corrected chi connectivity index (χ0v) is 16.4. The van der Waals surface area contributed by atoms with Crippen molar-refractivity contribution in [3.63, 3.8) is 0 Å². The highest BCUT2D eigenvalue weighted by atomic mass is 17.1. The number of ketones is 1. The van der Waals surface area contributed by atoms with E-state index < -0.39 is 36.2 Å². The van der Waals surface area contributed by atoms with Gasteiger partial charge < -0.3 is 19.8 Å².